The first kappa shape index (κ1) is 12.3. The van der Waals surface area contributed by atoms with Gasteiger partial charge < -0.3 is 4.74 Å². The molecule has 5 heteroatoms. The first-order valence-electron chi connectivity index (χ1n) is 5.37. The predicted octanol–water partition coefficient (Wildman–Crippen LogP) is 2.73. The third kappa shape index (κ3) is 2.03. The van der Waals surface area contributed by atoms with Gasteiger partial charge in [0.2, 0.25) is 0 Å². The fraction of sp³-hybridized carbons (Fsp3) is 0.333. The number of aryl methyl sites for hydroxylation is 2. The number of hydrogen-bond acceptors (Lipinski definition) is 3. The lowest BCUT2D eigenvalue weighted by Crippen LogP contribution is -2.11. The highest BCUT2D eigenvalue weighted by atomic mass is 127. The predicted molar refractivity (Wildman–Crippen MR) is 73.3 cm³/mol. The van der Waals surface area contributed by atoms with E-state index >= 15 is 0 Å². The van der Waals surface area contributed by atoms with Crippen LogP contribution in [-0.2, 0) is 4.74 Å². The number of fused-ring (bicyclic) bond motifs is 1. The highest BCUT2D eigenvalue weighted by Crippen LogP contribution is 2.19. The van der Waals surface area contributed by atoms with Gasteiger partial charge in [0, 0.05) is 9.26 Å². The van der Waals surface area contributed by atoms with Crippen molar-refractivity contribution in [2.24, 2.45) is 0 Å². The summed E-state index contributed by atoms with van der Waals surface area (Å²) < 4.78 is 8.02. The molecule has 0 aliphatic rings. The molecule has 2 rings (SSSR count). The smallest absolute Gasteiger partial charge is 0.357 e. The van der Waals surface area contributed by atoms with Crippen molar-refractivity contribution in [3.05, 3.63) is 32.8 Å². The monoisotopic (exact) mass is 344 g/mol. The van der Waals surface area contributed by atoms with Crippen LogP contribution in [0.5, 0.6) is 0 Å². The molecule has 0 spiro atoms. The van der Waals surface area contributed by atoms with E-state index in [4.69, 9.17) is 4.74 Å². The molecule has 0 unspecified atom stereocenters. The Balaban J connectivity index is 2.73. The van der Waals surface area contributed by atoms with Crippen LogP contribution < -0.4 is 0 Å². The second-order valence-corrected chi connectivity index (χ2v) is 4.89. The highest BCUT2D eigenvalue weighted by Gasteiger charge is 2.19. The van der Waals surface area contributed by atoms with E-state index in [0.29, 0.717) is 18.0 Å². The molecule has 2 aromatic heterocycles. The van der Waals surface area contributed by atoms with E-state index in [2.05, 4.69) is 27.6 Å². The third-order valence-electron chi connectivity index (χ3n) is 2.61. The molecule has 0 bridgehead atoms. The molecule has 0 radical (unpaired) electrons. The van der Waals surface area contributed by atoms with E-state index in [0.717, 1.165) is 14.9 Å². The van der Waals surface area contributed by atoms with Crippen LogP contribution in [0.15, 0.2) is 12.1 Å². The minimum Gasteiger partial charge on any atom is -0.461 e. The maximum atomic E-state index is 11.9. The van der Waals surface area contributed by atoms with E-state index in [1.807, 2.05) is 30.4 Å². The number of pyridine rings is 1. The third-order valence-corrected chi connectivity index (χ3v) is 3.75. The first-order valence-corrected chi connectivity index (χ1v) is 6.45. The summed E-state index contributed by atoms with van der Waals surface area (Å²) in [6, 6.07) is 3.90. The van der Waals surface area contributed by atoms with Crippen LogP contribution in [0.25, 0.3) is 5.65 Å². The van der Waals surface area contributed by atoms with Crippen molar-refractivity contribution >= 4 is 34.2 Å². The zero-order valence-electron chi connectivity index (χ0n) is 9.95. The molecule has 0 N–H and O–H groups in total. The summed E-state index contributed by atoms with van der Waals surface area (Å²) >= 11 is 2.24. The first-order chi connectivity index (χ1) is 8.06. The van der Waals surface area contributed by atoms with Gasteiger partial charge in [0.15, 0.2) is 5.69 Å². The number of halogens is 1. The lowest BCUT2D eigenvalue weighted by Gasteiger charge is -2.07. The summed E-state index contributed by atoms with van der Waals surface area (Å²) in [6.07, 6.45) is 0. The van der Waals surface area contributed by atoms with Gasteiger partial charge in [-0.1, -0.05) is 0 Å². The number of carbonyl (C=O) groups is 1. The quantitative estimate of drug-likeness (QED) is 0.622. The van der Waals surface area contributed by atoms with Gasteiger partial charge in [-0.05, 0) is 55.5 Å². The molecule has 4 nitrogen and oxygen atoms in total. The highest BCUT2D eigenvalue weighted by molar-refractivity contribution is 14.1. The molecule has 0 saturated heterocycles. The molecule has 0 fully saturated rings. The minimum atomic E-state index is -0.317. The summed E-state index contributed by atoms with van der Waals surface area (Å²) in [7, 11) is 0. The normalized spacial score (nSPS) is 10.8. The Morgan fingerprint density at radius 3 is 2.82 bits per heavy atom. The molecule has 0 aliphatic heterocycles. The van der Waals surface area contributed by atoms with E-state index in [9.17, 15) is 4.79 Å². The molecule has 0 amide bonds. The van der Waals surface area contributed by atoms with Crippen molar-refractivity contribution in [3.63, 3.8) is 0 Å². The topological polar surface area (TPSA) is 43.6 Å². The molecule has 17 heavy (non-hydrogen) atoms. The van der Waals surface area contributed by atoms with E-state index in [1.165, 1.54) is 0 Å². The van der Waals surface area contributed by atoms with E-state index < -0.39 is 0 Å². The molecule has 0 aliphatic carbocycles. The Labute approximate surface area is 113 Å². The number of imidazole rings is 1. The van der Waals surface area contributed by atoms with Crippen molar-refractivity contribution in [3.8, 4) is 0 Å². The lowest BCUT2D eigenvalue weighted by atomic mass is 10.3. The summed E-state index contributed by atoms with van der Waals surface area (Å²) in [5, 5.41) is 0. The van der Waals surface area contributed by atoms with Crippen LogP contribution >= 0.6 is 22.6 Å². The van der Waals surface area contributed by atoms with Crippen LogP contribution in [-0.4, -0.2) is 22.0 Å². The minimum absolute atomic E-state index is 0.317. The van der Waals surface area contributed by atoms with Gasteiger partial charge in [-0.3, -0.25) is 4.40 Å². The molecule has 2 heterocycles. The number of hydrogen-bond donors (Lipinski definition) is 0. The Hall–Kier alpha value is -1.11. The van der Waals surface area contributed by atoms with Crippen molar-refractivity contribution in [2.45, 2.75) is 20.8 Å². The number of esters is 1. The average molecular weight is 344 g/mol. The molecular weight excluding hydrogens is 331 g/mol. The molecule has 0 atom stereocenters. The zero-order valence-corrected chi connectivity index (χ0v) is 12.1. The fourth-order valence-electron chi connectivity index (χ4n) is 1.82. The summed E-state index contributed by atoms with van der Waals surface area (Å²) in [5.74, 6) is -0.317. The van der Waals surface area contributed by atoms with Crippen molar-refractivity contribution in [2.75, 3.05) is 6.61 Å². The van der Waals surface area contributed by atoms with Gasteiger partial charge in [0.25, 0.3) is 0 Å². The van der Waals surface area contributed by atoms with Crippen LogP contribution in [0.2, 0.25) is 0 Å². The Morgan fingerprint density at radius 2 is 2.18 bits per heavy atom. The maximum Gasteiger partial charge on any atom is 0.357 e. The molecular formula is C12H13IN2O2. The Kier molecular flexibility index (Phi) is 3.37. The lowest BCUT2D eigenvalue weighted by molar-refractivity contribution is 0.0517. The standard InChI is InChI=1S/C12H13IN2O2/c1-4-17-12(16)11-7(2)14-10-6-5-9(13)8(3)15(10)11/h5-6H,4H2,1-3H3. The SMILES string of the molecule is CCOC(=O)c1c(C)nc2ccc(I)c(C)n12. The van der Waals surface area contributed by atoms with Crippen LogP contribution in [0, 0.1) is 17.4 Å². The number of carbonyl (C=O) groups excluding carboxylic acids is 1. The summed E-state index contributed by atoms with van der Waals surface area (Å²) in [5.41, 5.74) is 3.02. The average Bonchev–Trinajstić information content (AvgIpc) is 2.61. The Morgan fingerprint density at radius 1 is 1.47 bits per heavy atom. The summed E-state index contributed by atoms with van der Waals surface area (Å²) in [4.78, 5) is 16.3. The van der Waals surface area contributed by atoms with Crippen molar-refractivity contribution in [1.82, 2.24) is 9.38 Å². The Bertz CT molecular complexity index is 590. The number of rotatable bonds is 2. The van der Waals surface area contributed by atoms with E-state index in [-0.39, 0.29) is 5.97 Å². The molecule has 0 aromatic carbocycles. The molecule has 0 saturated carbocycles. The van der Waals surface area contributed by atoms with Gasteiger partial charge >= 0.3 is 5.97 Å². The van der Waals surface area contributed by atoms with Gasteiger partial charge in [0.05, 0.1) is 12.3 Å². The maximum absolute atomic E-state index is 11.9. The summed E-state index contributed by atoms with van der Waals surface area (Å²) in [6.45, 7) is 5.96. The second kappa shape index (κ2) is 4.64. The molecule has 2 aromatic rings. The van der Waals surface area contributed by atoms with E-state index in [1.54, 1.807) is 6.92 Å². The fourth-order valence-corrected chi connectivity index (χ4v) is 2.24. The van der Waals surface area contributed by atoms with Crippen molar-refractivity contribution < 1.29 is 9.53 Å². The zero-order chi connectivity index (χ0) is 12.6. The van der Waals surface area contributed by atoms with Gasteiger partial charge in [-0.15, -0.1) is 0 Å². The van der Waals surface area contributed by atoms with Gasteiger partial charge in [0.1, 0.15) is 5.65 Å². The number of nitrogens with zero attached hydrogens (tertiary/aromatic N) is 2. The van der Waals surface area contributed by atoms with Crippen LogP contribution in [0.4, 0.5) is 0 Å². The van der Waals surface area contributed by atoms with Crippen LogP contribution in [0.1, 0.15) is 28.8 Å². The number of ether oxygens (including phenoxy) is 1. The molecule has 90 valence electrons. The largest absolute Gasteiger partial charge is 0.461 e. The van der Waals surface area contributed by atoms with Crippen LogP contribution in [0.3, 0.4) is 0 Å². The van der Waals surface area contributed by atoms with Crippen molar-refractivity contribution in [1.29, 1.82) is 0 Å². The van der Waals surface area contributed by atoms with Gasteiger partial charge in [-0.2, -0.15) is 0 Å². The number of aromatic nitrogens is 2. The second-order valence-electron chi connectivity index (χ2n) is 3.73. The van der Waals surface area contributed by atoms with Gasteiger partial charge in [-0.25, -0.2) is 9.78 Å².